The lowest BCUT2D eigenvalue weighted by atomic mass is 9.95. The quantitative estimate of drug-likeness (QED) is 0.241. The molecule has 3 aromatic carbocycles. The smallest absolute Gasteiger partial charge is 0.264 e. The van der Waals surface area contributed by atoms with Gasteiger partial charge in [0.1, 0.15) is 12.6 Å². The summed E-state index contributed by atoms with van der Waals surface area (Å²) >= 11 is 0. The van der Waals surface area contributed by atoms with Crippen molar-refractivity contribution in [2.45, 2.75) is 89.7 Å². The summed E-state index contributed by atoms with van der Waals surface area (Å²) in [5, 5.41) is 3.19. The molecule has 0 unspecified atom stereocenters. The van der Waals surface area contributed by atoms with Gasteiger partial charge >= 0.3 is 0 Å². The molecular weight excluding hydrogens is 602 g/mol. The number of rotatable bonds is 13. The van der Waals surface area contributed by atoms with Crippen molar-refractivity contribution in [1.82, 2.24) is 10.2 Å². The lowest BCUT2D eigenvalue weighted by Gasteiger charge is -2.34. The average Bonchev–Trinajstić information content (AvgIpc) is 3.03. The molecule has 2 amide bonds. The maximum atomic E-state index is 14.5. The van der Waals surface area contributed by atoms with Crippen molar-refractivity contribution in [3.63, 3.8) is 0 Å². The van der Waals surface area contributed by atoms with Crippen LogP contribution in [0, 0.1) is 20.8 Å². The first-order valence-electron chi connectivity index (χ1n) is 15.9. The predicted octanol–water partition coefficient (Wildman–Crippen LogP) is 6.08. The van der Waals surface area contributed by atoms with Gasteiger partial charge in [-0.2, -0.15) is 0 Å². The molecule has 0 bridgehead atoms. The zero-order valence-electron chi connectivity index (χ0n) is 27.8. The molecule has 1 aliphatic carbocycles. The number of aryl methyl sites for hydroxylation is 3. The Morgan fingerprint density at radius 1 is 0.848 bits per heavy atom. The molecular formula is C36H47N3O6S. The molecule has 0 radical (unpaired) electrons. The molecule has 248 valence electrons. The van der Waals surface area contributed by atoms with Gasteiger partial charge in [-0.15, -0.1) is 0 Å². The van der Waals surface area contributed by atoms with E-state index in [1.807, 2.05) is 58.0 Å². The second-order valence-corrected chi connectivity index (χ2v) is 14.0. The van der Waals surface area contributed by atoms with Gasteiger partial charge in [-0.25, -0.2) is 8.42 Å². The maximum Gasteiger partial charge on any atom is 0.264 e. The van der Waals surface area contributed by atoms with Crippen molar-refractivity contribution in [1.29, 1.82) is 0 Å². The number of carbonyl (C=O) groups is 2. The van der Waals surface area contributed by atoms with Crippen LogP contribution in [-0.2, 0) is 26.2 Å². The Morgan fingerprint density at radius 3 is 2.07 bits per heavy atom. The van der Waals surface area contributed by atoms with Crippen molar-refractivity contribution in [3.8, 4) is 11.5 Å². The van der Waals surface area contributed by atoms with Gasteiger partial charge in [0.25, 0.3) is 10.0 Å². The Hall–Kier alpha value is -4.05. The Balaban J connectivity index is 1.76. The molecule has 9 nitrogen and oxygen atoms in total. The minimum absolute atomic E-state index is 0.0516. The summed E-state index contributed by atoms with van der Waals surface area (Å²) in [6, 6.07) is 16.9. The fourth-order valence-electron chi connectivity index (χ4n) is 6.08. The summed E-state index contributed by atoms with van der Waals surface area (Å²) in [5.74, 6) is -0.0544. The van der Waals surface area contributed by atoms with E-state index in [-0.39, 0.29) is 29.1 Å². The van der Waals surface area contributed by atoms with Crippen LogP contribution in [-0.4, -0.2) is 58.0 Å². The predicted molar refractivity (Wildman–Crippen MR) is 181 cm³/mol. The van der Waals surface area contributed by atoms with Gasteiger partial charge in [-0.1, -0.05) is 62.1 Å². The highest BCUT2D eigenvalue weighted by Gasteiger charge is 2.35. The standard InChI is InChI=1S/C36H47N3O6S/c1-7-32(36(41)37-29-11-9-8-10-12-29)38(23-28-15-13-25(2)14-16-28)35(40)24-39(30-20-26(3)19-27(4)21-30)46(42,43)31-17-18-33(44-5)34(22-31)45-6/h13-22,29,32H,7-12,23-24H2,1-6H3,(H,37,41)/t32-/m0/s1. The summed E-state index contributed by atoms with van der Waals surface area (Å²) in [4.78, 5) is 29.7. The highest BCUT2D eigenvalue weighted by atomic mass is 32.2. The molecule has 1 fully saturated rings. The molecule has 1 aliphatic rings. The number of benzene rings is 3. The van der Waals surface area contributed by atoms with Gasteiger partial charge in [-0.05, 0) is 81.0 Å². The first kappa shape index (κ1) is 34.8. The van der Waals surface area contributed by atoms with Gasteiger partial charge in [0, 0.05) is 18.7 Å². The van der Waals surface area contributed by atoms with E-state index in [1.165, 1.54) is 37.3 Å². The summed E-state index contributed by atoms with van der Waals surface area (Å²) in [5.41, 5.74) is 3.99. The fraction of sp³-hybridized carbons (Fsp3) is 0.444. The third kappa shape index (κ3) is 8.40. The van der Waals surface area contributed by atoms with Crippen molar-refractivity contribution >= 4 is 27.5 Å². The van der Waals surface area contributed by atoms with E-state index in [9.17, 15) is 18.0 Å². The Kier molecular flexibility index (Phi) is 11.7. The molecule has 3 aromatic rings. The van der Waals surface area contributed by atoms with E-state index in [1.54, 1.807) is 12.1 Å². The zero-order chi connectivity index (χ0) is 33.4. The number of sulfonamides is 1. The van der Waals surface area contributed by atoms with Crippen LogP contribution in [0.2, 0.25) is 0 Å². The lowest BCUT2D eigenvalue weighted by molar-refractivity contribution is -0.140. The fourth-order valence-corrected chi connectivity index (χ4v) is 7.50. The molecule has 0 spiro atoms. The van der Waals surface area contributed by atoms with Gasteiger partial charge in [0.15, 0.2) is 11.5 Å². The number of amides is 2. The molecule has 0 aromatic heterocycles. The number of anilines is 1. The Morgan fingerprint density at radius 2 is 1.48 bits per heavy atom. The van der Waals surface area contributed by atoms with Crippen LogP contribution in [0.3, 0.4) is 0 Å². The third-order valence-electron chi connectivity index (χ3n) is 8.53. The van der Waals surface area contributed by atoms with Crippen LogP contribution in [0.4, 0.5) is 5.69 Å². The molecule has 1 atom stereocenters. The molecule has 1 saturated carbocycles. The Labute approximate surface area is 273 Å². The van der Waals surface area contributed by atoms with Gasteiger partial charge < -0.3 is 19.7 Å². The summed E-state index contributed by atoms with van der Waals surface area (Å²) in [6.07, 6.45) is 5.49. The van der Waals surface area contributed by atoms with Crippen molar-refractivity contribution in [2.24, 2.45) is 0 Å². The van der Waals surface area contributed by atoms with Crippen LogP contribution in [0.1, 0.15) is 67.7 Å². The van der Waals surface area contributed by atoms with Crippen LogP contribution in [0.15, 0.2) is 65.6 Å². The zero-order valence-corrected chi connectivity index (χ0v) is 28.7. The number of carbonyl (C=O) groups excluding carboxylic acids is 2. The van der Waals surface area contributed by atoms with Gasteiger partial charge in [0.05, 0.1) is 24.8 Å². The van der Waals surface area contributed by atoms with Crippen LogP contribution in [0.5, 0.6) is 11.5 Å². The minimum Gasteiger partial charge on any atom is -0.493 e. The average molecular weight is 650 g/mol. The monoisotopic (exact) mass is 649 g/mol. The molecule has 0 heterocycles. The van der Waals surface area contributed by atoms with E-state index < -0.39 is 28.5 Å². The van der Waals surface area contributed by atoms with Crippen LogP contribution in [0.25, 0.3) is 0 Å². The maximum absolute atomic E-state index is 14.5. The number of nitrogens with zero attached hydrogens (tertiary/aromatic N) is 2. The minimum atomic E-state index is -4.28. The highest BCUT2D eigenvalue weighted by molar-refractivity contribution is 7.92. The number of hydrogen-bond acceptors (Lipinski definition) is 6. The van der Waals surface area contributed by atoms with Crippen molar-refractivity contribution < 1.29 is 27.5 Å². The second-order valence-electron chi connectivity index (χ2n) is 12.1. The largest absolute Gasteiger partial charge is 0.493 e. The van der Waals surface area contributed by atoms with Crippen molar-refractivity contribution in [3.05, 3.63) is 82.9 Å². The van der Waals surface area contributed by atoms with Gasteiger partial charge in [0.2, 0.25) is 11.8 Å². The molecule has 10 heteroatoms. The van der Waals surface area contributed by atoms with E-state index in [0.717, 1.165) is 58.7 Å². The normalized spacial score (nSPS) is 14.3. The molecule has 0 aliphatic heterocycles. The molecule has 46 heavy (non-hydrogen) atoms. The SMILES string of the molecule is CC[C@@H](C(=O)NC1CCCCC1)N(Cc1ccc(C)cc1)C(=O)CN(c1cc(C)cc(C)c1)S(=O)(=O)c1ccc(OC)c(OC)c1. The second kappa shape index (κ2) is 15.5. The topological polar surface area (TPSA) is 105 Å². The number of hydrogen-bond donors (Lipinski definition) is 1. The molecule has 1 N–H and O–H groups in total. The van der Waals surface area contributed by atoms with E-state index in [0.29, 0.717) is 17.9 Å². The van der Waals surface area contributed by atoms with E-state index in [2.05, 4.69) is 5.32 Å². The first-order chi connectivity index (χ1) is 22.0. The third-order valence-corrected chi connectivity index (χ3v) is 10.3. The van der Waals surface area contributed by atoms with Crippen molar-refractivity contribution in [2.75, 3.05) is 25.1 Å². The first-order valence-corrected chi connectivity index (χ1v) is 17.4. The lowest BCUT2D eigenvalue weighted by Crippen LogP contribution is -2.54. The summed E-state index contributed by atoms with van der Waals surface area (Å²) in [6.45, 7) is 7.28. The number of ether oxygens (including phenoxy) is 2. The van der Waals surface area contributed by atoms with Crippen LogP contribution < -0.4 is 19.1 Å². The van der Waals surface area contributed by atoms with Crippen LogP contribution >= 0.6 is 0 Å². The summed E-state index contributed by atoms with van der Waals surface area (Å²) < 4.78 is 40.6. The highest BCUT2D eigenvalue weighted by Crippen LogP contribution is 2.33. The molecule has 0 saturated heterocycles. The Bertz CT molecular complexity index is 1600. The number of methoxy groups -OCH3 is 2. The molecule has 4 rings (SSSR count). The summed E-state index contributed by atoms with van der Waals surface area (Å²) in [7, 11) is -1.37. The van der Waals surface area contributed by atoms with E-state index >= 15 is 0 Å². The number of nitrogens with one attached hydrogen (secondary N) is 1. The van der Waals surface area contributed by atoms with Gasteiger partial charge in [-0.3, -0.25) is 13.9 Å². The van der Waals surface area contributed by atoms with E-state index in [4.69, 9.17) is 9.47 Å².